The molecule has 3 rings (SSSR count). The molecule has 2 heterocycles. The number of pyridine rings is 1. The van der Waals surface area contributed by atoms with Gasteiger partial charge in [0.05, 0.1) is 0 Å². The van der Waals surface area contributed by atoms with E-state index in [1.54, 1.807) is 6.20 Å². The van der Waals surface area contributed by atoms with E-state index in [9.17, 15) is 0 Å². The van der Waals surface area contributed by atoms with Gasteiger partial charge in [0.15, 0.2) is 10.6 Å². The van der Waals surface area contributed by atoms with Crippen LogP contribution in [-0.2, 0) is 6.54 Å². The van der Waals surface area contributed by atoms with Crippen molar-refractivity contribution in [2.75, 3.05) is 0 Å². The van der Waals surface area contributed by atoms with Crippen molar-refractivity contribution in [1.29, 1.82) is 0 Å². The molecular weight excluding hydrogens is 244 g/mol. The monoisotopic (exact) mass is 260 g/mol. The van der Waals surface area contributed by atoms with E-state index >= 15 is 0 Å². The molecule has 5 heteroatoms. The summed E-state index contributed by atoms with van der Waals surface area (Å²) in [6.07, 6.45) is 4.48. The van der Waals surface area contributed by atoms with Crippen LogP contribution in [-0.4, -0.2) is 19.7 Å². The normalized spacial score (nSPS) is 16.7. The number of aromatic amines is 1. The Bertz CT molecular complexity index is 583. The standard InChI is InChI=1S/C13H16N4S/c1-9(10-5-6-10)8-17-12(15-16-13(17)18)11-4-2-3-7-14-11/h2-4,7,9-10H,5-6,8H2,1H3,(H,16,18). The van der Waals surface area contributed by atoms with Gasteiger partial charge in [-0.2, -0.15) is 5.10 Å². The van der Waals surface area contributed by atoms with Gasteiger partial charge in [0.2, 0.25) is 0 Å². The molecule has 1 atom stereocenters. The first-order chi connectivity index (χ1) is 8.75. The van der Waals surface area contributed by atoms with Gasteiger partial charge in [0, 0.05) is 12.7 Å². The van der Waals surface area contributed by atoms with Crippen LogP contribution in [0.1, 0.15) is 19.8 Å². The highest BCUT2D eigenvalue weighted by molar-refractivity contribution is 7.71. The summed E-state index contributed by atoms with van der Waals surface area (Å²) in [6.45, 7) is 3.21. The molecule has 1 N–H and O–H groups in total. The average molecular weight is 260 g/mol. The number of hydrogen-bond acceptors (Lipinski definition) is 3. The molecule has 0 radical (unpaired) electrons. The highest BCUT2D eigenvalue weighted by Crippen LogP contribution is 2.37. The number of H-pyrrole nitrogens is 1. The quantitative estimate of drug-likeness (QED) is 0.859. The summed E-state index contributed by atoms with van der Waals surface area (Å²) in [5, 5.41) is 7.18. The molecule has 1 saturated carbocycles. The second-order valence-electron chi connectivity index (χ2n) is 4.99. The summed E-state index contributed by atoms with van der Waals surface area (Å²) in [6, 6.07) is 5.83. The van der Waals surface area contributed by atoms with Crippen molar-refractivity contribution in [3.05, 3.63) is 29.2 Å². The van der Waals surface area contributed by atoms with Crippen LogP contribution >= 0.6 is 12.2 Å². The molecule has 1 unspecified atom stereocenters. The van der Waals surface area contributed by atoms with Crippen LogP contribution in [0.15, 0.2) is 24.4 Å². The van der Waals surface area contributed by atoms with Crippen molar-refractivity contribution in [3.63, 3.8) is 0 Å². The van der Waals surface area contributed by atoms with Crippen molar-refractivity contribution in [2.45, 2.75) is 26.3 Å². The number of rotatable bonds is 4. The maximum Gasteiger partial charge on any atom is 0.195 e. The zero-order valence-corrected chi connectivity index (χ0v) is 11.2. The minimum absolute atomic E-state index is 0.650. The number of aromatic nitrogens is 4. The first kappa shape index (κ1) is 11.6. The van der Waals surface area contributed by atoms with Crippen LogP contribution in [0.3, 0.4) is 0 Å². The molecule has 18 heavy (non-hydrogen) atoms. The van der Waals surface area contributed by atoms with E-state index in [1.807, 2.05) is 18.2 Å². The predicted octanol–water partition coefficient (Wildman–Crippen LogP) is 3.05. The van der Waals surface area contributed by atoms with Crippen molar-refractivity contribution in [2.24, 2.45) is 11.8 Å². The highest BCUT2D eigenvalue weighted by Gasteiger charge is 2.28. The van der Waals surface area contributed by atoms with E-state index in [0.29, 0.717) is 10.7 Å². The highest BCUT2D eigenvalue weighted by atomic mass is 32.1. The third-order valence-corrected chi connectivity index (χ3v) is 3.86. The van der Waals surface area contributed by atoms with Crippen LogP contribution in [0.2, 0.25) is 0 Å². The van der Waals surface area contributed by atoms with Gasteiger partial charge in [-0.15, -0.1) is 0 Å². The molecule has 0 spiro atoms. The smallest absolute Gasteiger partial charge is 0.195 e. The van der Waals surface area contributed by atoms with Crippen LogP contribution in [0.25, 0.3) is 11.5 Å². The maximum atomic E-state index is 5.32. The van der Waals surface area contributed by atoms with Gasteiger partial charge in [-0.1, -0.05) is 13.0 Å². The first-order valence-electron chi connectivity index (χ1n) is 6.32. The van der Waals surface area contributed by atoms with Gasteiger partial charge in [-0.05, 0) is 49.0 Å². The molecule has 0 bridgehead atoms. The predicted molar refractivity (Wildman–Crippen MR) is 72.5 cm³/mol. The molecule has 0 aliphatic heterocycles. The summed E-state index contributed by atoms with van der Waals surface area (Å²) < 4.78 is 2.75. The SMILES string of the molecule is CC(Cn1c(-c2ccccn2)n[nH]c1=S)C1CC1. The minimum atomic E-state index is 0.650. The van der Waals surface area contributed by atoms with Crippen LogP contribution in [0.5, 0.6) is 0 Å². The molecule has 1 fully saturated rings. The van der Waals surface area contributed by atoms with Crippen LogP contribution < -0.4 is 0 Å². The lowest BCUT2D eigenvalue weighted by atomic mass is 10.1. The van der Waals surface area contributed by atoms with Gasteiger partial charge < -0.3 is 0 Å². The van der Waals surface area contributed by atoms with Gasteiger partial charge in [-0.25, -0.2) is 0 Å². The van der Waals surface area contributed by atoms with Crippen LogP contribution in [0, 0.1) is 16.6 Å². The lowest BCUT2D eigenvalue weighted by Gasteiger charge is -2.12. The Labute approximate surface area is 111 Å². The molecular formula is C13H16N4S. The number of nitrogens with zero attached hydrogens (tertiary/aromatic N) is 3. The maximum absolute atomic E-state index is 5.32. The van der Waals surface area contributed by atoms with Crippen molar-refractivity contribution in [1.82, 2.24) is 19.7 Å². The Balaban J connectivity index is 1.93. The van der Waals surface area contributed by atoms with E-state index in [-0.39, 0.29) is 0 Å². The third kappa shape index (κ3) is 2.22. The molecule has 2 aromatic rings. The minimum Gasteiger partial charge on any atom is -0.299 e. The largest absolute Gasteiger partial charge is 0.299 e. The summed E-state index contributed by atoms with van der Waals surface area (Å²) in [7, 11) is 0. The summed E-state index contributed by atoms with van der Waals surface area (Å²) in [4.78, 5) is 4.34. The lowest BCUT2D eigenvalue weighted by molar-refractivity contribution is 0.429. The fraction of sp³-hybridized carbons (Fsp3) is 0.462. The number of hydrogen-bond donors (Lipinski definition) is 1. The summed E-state index contributed by atoms with van der Waals surface area (Å²) in [5.41, 5.74) is 0.868. The van der Waals surface area contributed by atoms with Crippen molar-refractivity contribution in [3.8, 4) is 11.5 Å². The zero-order chi connectivity index (χ0) is 12.5. The van der Waals surface area contributed by atoms with E-state index in [4.69, 9.17) is 12.2 Å². The second-order valence-corrected chi connectivity index (χ2v) is 5.38. The average Bonchev–Trinajstić information content (AvgIpc) is 3.18. The summed E-state index contributed by atoms with van der Waals surface area (Å²) in [5.74, 6) is 2.35. The Morgan fingerprint density at radius 2 is 2.33 bits per heavy atom. The fourth-order valence-electron chi connectivity index (χ4n) is 2.28. The second kappa shape index (κ2) is 4.65. The molecule has 94 valence electrons. The Morgan fingerprint density at radius 3 is 3.00 bits per heavy atom. The molecule has 0 saturated heterocycles. The molecule has 4 nitrogen and oxygen atoms in total. The van der Waals surface area contributed by atoms with E-state index < -0.39 is 0 Å². The van der Waals surface area contributed by atoms with Crippen molar-refractivity contribution < 1.29 is 0 Å². The summed E-state index contributed by atoms with van der Waals surface area (Å²) >= 11 is 5.32. The van der Waals surface area contributed by atoms with Gasteiger partial charge in [0.25, 0.3) is 0 Å². The van der Waals surface area contributed by atoms with Crippen molar-refractivity contribution >= 4 is 12.2 Å². The fourth-order valence-corrected chi connectivity index (χ4v) is 2.49. The topological polar surface area (TPSA) is 46.5 Å². The molecule has 2 aromatic heterocycles. The van der Waals surface area contributed by atoms with Crippen LogP contribution in [0.4, 0.5) is 0 Å². The Hall–Kier alpha value is -1.49. The molecule has 0 amide bonds. The molecule has 0 aromatic carbocycles. The molecule has 1 aliphatic rings. The van der Waals surface area contributed by atoms with E-state index in [2.05, 4.69) is 26.7 Å². The Morgan fingerprint density at radius 1 is 1.50 bits per heavy atom. The van der Waals surface area contributed by atoms with Gasteiger partial charge in [-0.3, -0.25) is 14.6 Å². The van der Waals surface area contributed by atoms with Gasteiger partial charge >= 0.3 is 0 Å². The Kier molecular flexibility index (Phi) is 2.99. The van der Waals surface area contributed by atoms with Gasteiger partial charge in [0.1, 0.15) is 5.69 Å². The molecule has 1 aliphatic carbocycles. The number of nitrogens with one attached hydrogen (secondary N) is 1. The lowest BCUT2D eigenvalue weighted by Crippen LogP contribution is -2.11. The van der Waals surface area contributed by atoms with E-state index in [0.717, 1.165) is 24.0 Å². The zero-order valence-electron chi connectivity index (χ0n) is 10.3. The van der Waals surface area contributed by atoms with E-state index in [1.165, 1.54) is 12.8 Å². The first-order valence-corrected chi connectivity index (χ1v) is 6.73. The third-order valence-electron chi connectivity index (χ3n) is 3.55.